The van der Waals surface area contributed by atoms with Gasteiger partial charge in [-0.05, 0) is 38.5 Å². The zero-order valence-corrected chi connectivity index (χ0v) is 12.7. The van der Waals surface area contributed by atoms with Crippen molar-refractivity contribution in [2.24, 2.45) is 0 Å². The number of ether oxygens (including phenoxy) is 2. The van der Waals surface area contributed by atoms with Crippen molar-refractivity contribution in [1.82, 2.24) is 5.32 Å². The van der Waals surface area contributed by atoms with Crippen molar-refractivity contribution in [3.05, 3.63) is 23.8 Å². The number of hydrogen-bond acceptors (Lipinski definition) is 4. The number of hydrogen-bond donors (Lipinski definition) is 2. The summed E-state index contributed by atoms with van der Waals surface area (Å²) in [5.74, 6) is 1.07. The van der Waals surface area contributed by atoms with E-state index in [9.17, 15) is 9.90 Å². The first-order chi connectivity index (χ1) is 9.30. The Morgan fingerprint density at radius 3 is 2.40 bits per heavy atom. The maximum Gasteiger partial charge on any atom is 0.224 e. The normalized spacial score (nSPS) is 12.7. The molecule has 1 aromatic carbocycles. The second kappa shape index (κ2) is 6.61. The monoisotopic (exact) mass is 281 g/mol. The van der Waals surface area contributed by atoms with Crippen molar-refractivity contribution in [3.63, 3.8) is 0 Å². The highest BCUT2D eigenvalue weighted by Gasteiger charge is 2.25. The van der Waals surface area contributed by atoms with Gasteiger partial charge in [0.1, 0.15) is 0 Å². The summed E-state index contributed by atoms with van der Waals surface area (Å²) in [6.45, 7) is 5.21. The first kappa shape index (κ1) is 16.3. The summed E-state index contributed by atoms with van der Waals surface area (Å²) in [7, 11) is 3.12. The van der Waals surface area contributed by atoms with Gasteiger partial charge in [-0.25, -0.2) is 0 Å². The highest BCUT2D eigenvalue weighted by molar-refractivity contribution is 5.79. The Balaban J connectivity index is 2.76. The lowest BCUT2D eigenvalue weighted by molar-refractivity contribution is -0.123. The van der Waals surface area contributed by atoms with Crippen molar-refractivity contribution in [2.45, 2.75) is 38.8 Å². The van der Waals surface area contributed by atoms with E-state index in [0.29, 0.717) is 11.5 Å². The van der Waals surface area contributed by atoms with Crippen LogP contribution in [-0.2, 0) is 11.2 Å². The summed E-state index contributed by atoms with van der Waals surface area (Å²) in [5.41, 5.74) is 0.162. The molecule has 2 N–H and O–H groups in total. The van der Waals surface area contributed by atoms with Crippen molar-refractivity contribution in [1.29, 1.82) is 0 Å². The minimum absolute atomic E-state index is 0.150. The molecule has 0 spiro atoms. The molecule has 0 aliphatic rings. The summed E-state index contributed by atoms with van der Waals surface area (Å²) in [6.07, 6.45) is -0.409. The van der Waals surface area contributed by atoms with E-state index in [4.69, 9.17) is 9.47 Å². The smallest absolute Gasteiger partial charge is 0.224 e. The number of carbonyl (C=O) groups is 1. The fraction of sp³-hybridized carbons (Fsp3) is 0.533. The molecule has 0 heterocycles. The van der Waals surface area contributed by atoms with Crippen LogP contribution in [0.15, 0.2) is 18.2 Å². The van der Waals surface area contributed by atoms with E-state index in [1.54, 1.807) is 47.1 Å². The molecule has 0 aromatic heterocycles. The first-order valence-corrected chi connectivity index (χ1v) is 6.50. The Labute approximate surface area is 119 Å². The molecule has 0 aliphatic carbocycles. The van der Waals surface area contributed by atoms with E-state index >= 15 is 0 Å². The van der Waals surface area contributed by atoms with Gasteiger partial charge in [-0.3, -0.25) is 4.79 Å². The average Bonchev–Trinajstić information content (AvgIpc) is 2.37. The van der Waals surface area contributed by atoms with Gasteiger partial charge >= 0.3 is 0 Å². The quantitative estimate of drug-likeness (QED) is 0.829. The molecule has 5 heteroatoms. The lowest BCUT2D eigenvalue weighted by Crippen LogP contribution is -2.51. The van der Waals surface area contributed by atoms with Gasteiger partial charge in [-0.2, -0.15) is 0 Å². The highest BCUT2D eigenvalue weighted by Crippen LogP contribution is 2.27. The first-order valence-electron chi connectivity index (χ1n) is 6.50. The van der Waals surface area contributed by atoms with Gasteiger partial charge in [-0.1, -0.05) is 6.07 Å². The standard InChI is InChI=1S/C15H23NO4/c1-10(17)15(2,3)16-14(18)9-11-6-7-12(19-4)13(8-11)20-5/h6-8,10,17H,9H2,1-5H3,(H,16,18). The second-order valence-corrected chi connectivity index (χ2v) is 5.31. The molecule has 0 fully saturated rings. The molecular formula is C15H23NO4. The number of aliphatic hydroxyl groups excluding tert-OH is 1. The van der Waals surface area contributed by atoms with Crippen LogP contribution in [0, 0.1) is 0 Å². The Morgan fingerprint density at radius 1 is 1.30 bits per heavy atom. The third kappa shape index (κ3) is 4.13. The van der Waals surface area contributed by atoms with E-state index in [1.807, 2.05) is 6.07 Å². The fourth-order valence-electron chi connectivity index (χ4n) is 1.68. The number of carbonyl (C=O) groups excluding carboxylic acids is 1. The van der Waals surface area contributed by atoms with Crippen LogP contribution in [0.25, 0.3) is 0 Å². The largest absolute Gasteiger partial charge is 0.493 e. The Hall–Kier alpha value is -1.75. The third-order valence-electron chi connectivity index (χ3n) is 3.32. The van der Waals surface area contributed by atoms with Crippen LogP contribution in [0.5, 0.6) is 11.5 Å². The summed E-state index contributed by atoms with van der Waals surface area (Å²) >= 11 is 0. The van der Waals surface area contributed by atoms with Crippen LogP contribution in [0.1, 0.15) is 26.3 Å². The molecule has 1 amide bonds. The van der Waals surface area contributed by atoms with Crippen LogP contribution in [0.4, 0.5) is 0 Å². The van der Waals surface area contributed by atoms with Crippen LogP contribution in [0.3, 0.4) is 0 Å². The predicted molar refractivity (Wildman–Crippen MR) is 77.2 cm³/mol. The minimum atomic E-state index is -0.659. The SMILES string of the molecule is COc1ccc(CC(=O)NC(C)(C)C(C)O)cc1OC. The molecule has 112 valence electrons. The zero-order valence-electron chi connectivity index (χ0n) is 12.7. The second-order valence-electron chi connectivity index (χ2n) is 5.31. The maximum absolute atomic E-state index is 12.0. The molecular weight excluding hydrogens is 258 g/mol. The molecule has 5 nitrogen and oxygen atoms in total. The van der Waals surface area contributed by atoms with Gasteiger partial charge in [0.05, 0.1) is 32.3 Å². The Bertz CT molecular complexity index is 469. The van der Waals surface area contributed by atoms with E-state index < -0.39 is 11.6 Å². The molecule has 0 radical (unpaired) electrons. The highest BCUT2D eigenvalue weighted by atomic mass is 16.5. The topological polar surface area (TPSA) is 67.8 Å². The third-order valence-corrected chi connectivity index (χ3v) is 3.32. The van der Waals surface area contributed by atoms with E-state index in [1.165, 1.54) is 0 Å². The molecule has 0 bridgehead atoms. The van der Waals surface area contributed by atoms with Crippen LogP contribution >= 0.6 is 0 Å². The molecule has 1 rings (SSSR count). The summed E-state index contributed by atoms with van der Waals surface area (Å²) in [6, 6.07) is 5.35. The van der Waals surface area contributed by atoms with E-state index in [-0.39, 0.29) is 12.3 Å². The van der Waals surface area contributed by atoms with Crippen LogP contribution in [-0.4, -0.2) is 36.9 Å². The fourth-order valence-corrected chi connectivity index (χ4v) is 1.68. The van der Waals surface area contributed by atoms with Gasteiger partial charge < -0.3 is 19.9 Å². The summed E-state index contributed by atoms with van der Waals surface area (Å²) in [4.78, 5) is 12.0. The van der Waals surface area contributed by atoms with Crippen molar-refractivity contribution in [2.75, 3.05) is 14.2 Å². The number of benzene rings is 1. The lowest BCUT2D eigenvalue weighted by atomic mass is 9.98. The van der Waals surface area contributed by atoms with E-state index in [0.717, 1.165) is 5.56 Å². The van der Waals surface area contributed by atoms with Crippen LogP contribution < -0.4 is 14.8 Å². The van der Waals surface area contributed by atoms with Gasteiger partial charge in [0.2, 0.25) is 5.91 Å². The predicted octanol–water partition coefficient (Wildman–Crippen LogP) is 1.52. The lowest BCUT2D eigenvalue weighted by Gasteiger charge is -2.29. The number of nitrogens with one attached hydrogen (secondary N) is 1. The van der Waals surface area contributed by atoms with Gasteiger partial charge in [0, 0.05) is 0 Å². The minimum Gasteiger partial charge on any atom is -0.493 e. The number of rotatable bonds is 6. The molecule has 20 heavy (non-hydrogen) atoms. The molecule has 1 atom stereocenters. The molecule has 0 saturated carbocycles. The molecule has 1 aromatic rings. The number of methoxy groups -OCH3 is 2. The number of amides is 1. The van der Waals surface area contributed by atoms with Crippen molar-refractivity contribution in [3.8, 4) is 11.5 Å². The van der Waals surface area contributed by atoms with Gasteiger partial charge in [0.25, 0.3) is 0 Å². The Morgan fingerprint density at radius 2 is 1.90 bits per heavy atom. The van der Waals surface area contributed by atoms with Crippen molar-refractivity contribution < 1.29 is 19.4 Å². The Kier molecular flexibility index (Phi) is 5.39. The molecule has 0 saturated heterocycles. The molecule has 0 aliphatic heterocycles. The average molecular weight is 281 g/mol. The molecule has 1 unspecified atom stereocenters. The van der Waals surface area contributed by atoms with E-state index in [2.05, 4.69) is 5.32 Å². The zero-order chi connectivity index (χ0) is 15.3. The van der Waals surface area contributed by atoms with Gasteiger partial charge in [-0.15, -0.1) is 0 Å². The summed E-state index contributed by atoms with van der Waals surface area (Å²) in [5, 5.41) is 12.4. The number of aliphatic hydroxyl groups is 1. The van der Waals surface area contributed by atoms with Crippen LogP contribution in [0.2, 0.25) is 0 Å². The van der Waals surface area contributed by atoms with Crippen molar-refractivity contribution >= 4 is 5.91 Å². The summed E-state index contributed by atoms with van der Waals surface area (Å²) < 4.78 is 10.4. The van der Waals surface area contributed by atoms with Gasteiger partial charge in [0.15, 0.2) is 11.5 Å². The maximum atomic E-state index is 12.0.